The molecular weight excluding hydrogens is 258 g/mol. The van der Waals surface area contributed by atoms with E-state index in [0.29, 0.717) is 6.61 Å². The van der Waals surface area contributed by atoms with Gasteiger partial charge >= 0.3 is 0 Å². The van der Waals surface area contributed by atoms with Crippen LogP contribution in [0.3, 0.4) is 0 Å². The predicted octanol–water partition coefficient (Wildman–Crippen LogP) is 2.00. The topological polar surface area (TPSA) is 64.6 Å². The fraction of sp³-hybridized carbons (Fsp3) is 0.467. The van der Waals surface area contributed by atoms with Crippen molar-refractivity contribution >= 4 is 11.7 Å². The molecule has 1 aliphatic heterocycles. The van der Waals surface area contributed by atoms with Gasteiger partial charge in [0, 0.05) is 11.6 Å². The van der Waals surface area contributed by atoms with Gasteiger partial charge in [-0.25, -0.2) is 0 Å². The van der Waals surface area contributed by atoms with E-state index in [9.17, 15) is 9.59 Å². The molecule has 0 aromatic heterocycles. The van der Waals surface area contributed by atoms with Gasteiger partial charge in [-0.3, -0.25) is 9.59 Å². The summed E-state index contributed by atoms with van der Waals surface area (Å²) < 4.78 is 10.9. The number of nitrogens with one attached hydrogen (secondary N) is 1. The molecule has 1 atom stereocenters. The zero-order valence-corrected chi connectivity index (χ0v) is 11.8. The summed E-state index contributed by atoms with van der Waals surface area (Å²) in [5.74, 6) is 1.07. The molecule has 5 heteroatoms. The van der Waals surface area contributed by atoms with E-state index in [1.165, 1.54) is 6.92 Å². The molecule has 1 aliphatic rings. The van der Waals surface area contributed by atoms with Gasteiger partial charge in [0.05, 0.1) is 26.2 Å². The molecule has 0 radical (unpaired) electrons. The second-order valence-electron chi connectivity index (χ2n) is 4.89. The Morgan fingerprint density at radius 3 is 2.95 bits per heavy atom. The number of hydrogen-bond donors (Lipinski definition) is 1. The van der Waals surface area contributed by atoms with Crippen LogP contribution in [0.15, 0.2) is 18.2 Å². The average molecular weight is 277 g/mol. The Labute approximate surface area is 118 Å². The van der Waals surface area contributed by atoms with Gasteiger partial charge < -0.3 is 14.8 Å². The van der Waals surface area contributed by atoms with Crippen molar-refractivity contribution in [1.29, 1.82) is 0 Å². The zero-order chi connectivity index (χ0) is 14.5. The number of rotatable bonds is 4. The van der Waals surface area contributed by atoms with Crippen molar-refractivity contribution in [3.05, 3.63) is 23.8 Å². The van der Waals surface area contributed by atoms with Crippen LogP contribution >= 0.6 is 0 Å². The quantitative estimate of drug-likeness (QED) is 0.855. The maximum atomic E-state index is 11.8. The van der Waals surface area contributed by atoms with E-state index in [0.717, 1.165) is 29.9 Å². The van der Waals surface area contributed by atoms with Gasteiger partial charge in [-0.05, 0) is 31.9 Å². The Morgan fingerprint density at radius 2 is 2.25 bits per heavy atom. The summed E-state index contributed by atoms with van der Waals surface area (Å²) in [7, 11) is 1.60. The molecule has 1 aromatic carbocycles. The number of methoxy groups -OCH3 is 1. The number of amides is 1. The van der Waals surface area contributed by atoms with E-state index in [1.54, 1.807) is 7.11 Å². The molecule has 0 aliphatic carbocycles. The summed E-state index contributed by atoms with van der Waals surface area (Å²) in [6, 6.07) is 5.45. The Hall–Kier alpha value is -2.04. The standard InChI is InChI=1S/C15H19NO4/c1-10(17)8-15(18)16-13-4-3-7-20-14-9-11(19-2)5-6-12(13)14/h5-6,9,13H,3-4,7-8H2,1-2H3,(H,16,18). The summed E-state index contributed by atoms with van der Waals surface area (Å²) in [5, 5.41) is 2.90. The number of hydrogen-bond acceptors (Lipinski definition) is 4. The van der Waals surface area contributed by atoms with Crippen LogP contribution < -0.4 is 14.8 Å². The van der Waals surface area contributed by atoms with Gasteiger partial charge in [0.15, 0.2) is 0 Å². The summed E-state index contributed by atoms with van der Waals surface area (Å²) >= 11 is 0. The minimum atomic E-state index is -0.244. The molecule has 1 aromatic rings. The fourth-order valence-corrected chi connectivity index (χ4v) is 2.30. The Bertz CT molecular complexity index is 513. The van der Waals surface area contributed by atoms with Crippen molar-refractivity contribution in [1.82, 2.24) is 5.32 Å². The molecule has 0 saturated carbocycles. The molecule has 0 bridgehead atoms. The van der Waals surface area contributed by atoms with Crippen molar-refractivity contribution in [2.45, 2.75) is 32.2 Å². The minimum absolute atomic E-state index is 0.0805. The molecule has 1 N–H and O–H groups in total. The molecule has 20 heavy (non-hydrogen) atoms. The first kappa shape index (κ1) is 14.4. The van der Waals surface area contributed by atoms with Crippen LogP contribution in [0, 0.1) is 0 Å². The molecule has 0 fully saturated rings. The van der Waals surface area contributed by atoms with Crippen molar-refractivity contribution in [3.63, 3.8) is 0 Å². The number of fused-ring (bicyclic) bond motifs is 1. The summed E-state index contributed by atoms with van der Waals surface area (Å²) in [6.07, 6.45) is 1.56. The van der Waals surface area contributed by atoms with Gasteiger partial charge in [-0.15, -0.1) is 0 Å². The van der Waals surface area contributed by atoms with Crippen LogP contribution in [0.2, 0.25) is 0 Å². The number of carbonyl (C=O) groups is 2. The normalized spacial score (nSPS) is 17.4. The maximum Gasteiger partial charge on any atom is 0.227 e. The van der Waals surface area contributed by atoms with Gasteiger partial charge in [-0.1, -0.05) is 0 Å². The highest BCUT2D eigenvalue weighted by atomic mass is 16.5. The fourth-order valence-electron chi connectivity index (χ4n) is 2.30. The molecule has 0 spiro atoms. The Morgan fingerprint density at radius 1 is 1.45 bits per heavy atom. The first-order valence-corrected chi connectivity index (χ1v) is 6.69. The lowest BCUT2D eigenvalue weighted by molar-refractivity contribution is -0.127. The van der Waals surface area contributed by atoms with E-state index in [1.807, 2.05) is 18.2 Å². The Kier molecular flexibility index (Phi) is 4.61. The number of carbonyl (C=O) groups excluding carboxylic acids is 2. The lowest BCUT2D eigenvalue weighted by Crippen LogP contribution is -2.29. The largest absolute Gasteiger partial charge is 0.497 e. The number of ketones is 1. The van der Waals surface area contributed by atoms with Gasteiger partial charge in [0.2, 0.25) is 5.91 Å². The van der Waals surface area contributed by atoms with Crippen molar-refractivity contribution < 1.29 is 19.1 Å². The zero-order valence-electron chi connectivity index (χ0n) is 11.8. The predicted molar refractivity (Wildman–Crippen MR) is 73.9 cm³/mol. The second-order valence-corrected chi connectivity index (χ2v) is 4.89. The average Bonchev–Trinajstić information content (AvgIpc) is 2.59. The first-order chi connectivity index (χ1) is 9.60. The number of benzene rings is 1. The van der Waals surface area contributed by atoms with Crippen molar-refractivity contribution in [3.8, 4) is 11.5 Å². The van der Waals surface area contributed by atoms with Crippen LogP contribution in [0.5, 0.6) is 11.5 Å². The van der Waals surface area contributed by atoms with E-state index >= 15 is 0 Å². The number of Topliss-reactive ketones (excluding diaryl/α,β-unsaturated/α-hetero) is 1. The lowest BCUT2D eigenvalue weighted by Gasteiger charge is -2.18. The monoisotopic (exact) mass is 277 g/mol. The third-order valence-corrected chi connectivity index (χ3v) is 3.24. The van der Waals surface area contributed by atoms with Crippen molar-refractivity contribution in [2.24, 2.45) is 0 Å². The minimum Gasteiger partial charge on any atom is -0.497 e. The summed E-state index contributed by atoms with van der Waals surface area (Å²) in [5.41, 5.74) is 0.931. The Balaban J connectivity index is 2.18. The third kappa shape index (κ3) is 3.50. The molecule has 108 valence electrons. The van der Waals surface area contributed by atoms with E-state index < -0.39 is 0 Å². The van der Waals surface area contributed by atoms with Crippen LogP contribution in [0.4, 0.5) is 0 Å². The second kappa shape index (κ2) is 6.41. The molecule has 2 rings (SSSR count). The smallest absolute Gasteiger partial charge is 0.227 e. The van der Waals surface area contributed by atoms with Gasteiger partial charge in [0.25, 0.3) is 0 Å². The summed E-state index contributed by atoms with van der Waals surface area (Å²) in [4.78, 5) is 22.8. The molecule has 1 amide bonds. The molecule has 1 unspecified atom stereocenters. The van der Waals surface area contributed by atoms with E-state index in [-0.39, 0.29) is 24.2 Å². The molecule has 0 saturated heterocycles. The van der Waals surface area contributed by atoms with E-state index in [2.05, 4.69) is 5.32 Å². The van der Waals surface area contributed by atoms with Crippen LogP contribution in [0.25, 0.3) is 0 Å². The van der Waals surface area contributed by atoms with Crippen LogP contribution in [0.1, 0.15) is 37.8 Å². The lowest BCUT2D eigenvalue weighted by atomic mass is 10.0. The SMILES string of the molecule is COc1ccc2c(c1)OCCCC2NC(=O)CC(C)=O. The van der Waals surface area contributed by atoms with Crippen LogP contribution in [-0.2, 0) is 9.59 Å². The highest BCUT2D eigenvalue weighted by molar-refractivity contribution is 5.96. The molecule has 5 nitrogen and oxygen atoms in total. The third-order valence-electron chi connectivity index (χ3n) is 3.24. The molecule has 1 heterocycles. The van der Waals surface area contributed by atoms with Crippen LogP contribution in [-0.4, -0.2) is 25.4 Å². The molecular formula is C15H19NO4. The highest BCUT2D eigenvalue weighted by Gasteiger charge is 2.22. The van der Waals surface area contributed by atoms with E-state index in [4.69, 9.17) is 9.47 Å². The highest BCUT2D eigenvalue weighted by Crippen LogP contribution is 2.34. The van der Waals surface area contributed by atoms with Crippen molar-refractivity contribution in [2.75, 3.05) is 13.7 Å². The summed E-state index contributed by atoms with van der Waals surface area (Å²) in [6.45, 7) is 2.02. The first-order valence-electron chi connectivity index (χ1n) is 6.69. The number of ether oxygens (including phenoxy) is 2. The maximum absolute atomic E-state index is 11.8. The van der Waals surface area contributed by atoms with Gasteiger partial charge in [0.1, 0.15) is 17.3 Å². The van der Waals surface area contributed by atoms with Gasteiger partial charge in [-0.2, -0.15) is 0 Å².